The number of halogens is 4. The molecule has 11 heteroatoms. The summed E-state index contributed by atoms with van der Waals surface area (Å²) in [5.74, 6) is -0.988. The third kappa shape index (κ3) is 4.13. The number of nitrogens with one attached hydrogen (secondary N) is 1. The Morgan fingerprint density at radius 3 is 2.80 bits per heavy atom. The van der Waals surface area contributed by atoms with Gasteiger partial charge in [-0.1, -0.05) is 12.1 Å². The molecule has 1 amide bonds. The number of hydrogen-bond acceptors (Lipinski definition) is 4. The minimum atomic E-state index is -3.68. The van der Waals surface area contributed by atoms with Crippen LogP contribution in [0.3, 0.4) is 0 Å². The first-order valence-electron chi connectivity index (χ1n) is 8.72. The van der Waals surface area contributed by atoms with Gasteiger partial charge in [0.25, 0.3) is 5.91 Å². The van der Waals surface area contributed by atoms with E-state index in [1.54, 1.807) is 18.3 Å². The molecule has 0 atom stereocenters. The van der Waals surface area contributed by atoms with Crippen LogP contribution in [0.5, 0.6) is 0 Å². The Morgan fingerprint density at radius 1 is 1.27 bits per heavy atom. The van der Waals surface area contributed by atoms with Crippen LogP contribution in [0.15, 0.2) is 48.8 Å². The first-order valence-corrected chi connectivity index (χ1v) is 9.10. The molecule has 154 valence electrons. The van der Waals surface area contributed by atoms with Crippen LogP contribution in [0.4, 0.5) is 18.9 Å². The van der Waals surface area contributed by atoms with Crippen LogP contribution in [-0.2, 0) is 11.9 Å². The van der Waals surface area contributed by atoms with Crippen molar-refractivity contribution in [3.63, 3.8) is 0 Å². The van der Waals surface area contributed by atoms with Crippen molar-refractivity contribution in [3.05, 3.63) is 77.3 Å². The Morgan fingerprint density at radius 2 is 2.07 bits per heavy atom. The minimum Gasteiger partial charge on any atom is -0.318 e. The second-order valence-electron chi connectivity index (χ2n) is 6.59. The number of nitrogens with zero attached hydrogens (tertiary/aromatic N) is 5. The van der Waals surface area contributed by atoms with Crippen molar-refractivity contribution in [1.29, 1.82) is 0 Å². The molecule has 0 saturated carbocycles. The van der Waals surface area contributed by atoms with Gasteiger partial charge in [0.15, 0.2) is 11.3 Å². The second-order valence-corrected chi connectivity index (χ2v) is 7.07. The van der Waals surface area contributed by atoms with Crippen molar-refractivity contribution in [1.82, 2.24) is 24.4 Å². The highest BCUT2D eigenvalue weighted by atomic mass is 35.5. The number of rotatable bonds is 5. The standard InChI is InChI=1S/C19H14ClF3N6O/c1-11-5-16(19(20,22)23)29-17(25-11)7-15(27-29)18(30)26-14-8-24-28(10-14)9-12-3-2-4-13(21)6-12/h2-8,10H,9H2,1H3,(H,26,30). The number of carbonyl (C=O) groups is 1. The van der Waals surface area contributed by atoms with Gasteiger partial charge in [-0.25, -0.2) is 13.9 Å². The number of anilines is 1. The number of alkyl halides is 3. The highest BCUT2D eigenvalue weighted by Gasteiger charge is 2.32. The maximum Gasteiger partial charge on any atom is 0.364 e. The summed E-state index contributed by atoms with van der Waals surface area (Å²) >= 11 is 5.15. The fourth-order valence-electron chi connectivity index (χ4n) is 2.95. The van der Waals surface area contributed by atoms with Crippen molar-refractivity contribution in [2.75, 3.05) is 5.32 Å². The molecule has 0 aliphatic carbocycles. The van der Waals surface area contributed by atoms with E-state index in [4.69, 9.17) is 11.6 Å². The van der Waals surface area contributed by atoms with E-state index in [9.17, 15) is 18.0 Å². The molecule has 4 aromatic rings. The summed E-state index contributed by atoms with van der Waals surface area (Å²) in [5, 5.41) is 6.94. The predicted octanol–water partition coefficient (Wildman–Crippen LogP) is 3.96. The summed E-state index contributed by atoms with van der Waals surface area (Å²) < 4.78 is 43.0. The molecule has 0 saturated heterocycles. The Bertz CT molecular complexity index is 1250. The average Bonchev–Trinajstić information content (AvgIpc) is 3.27. The number of benzene rings is 1. The van der Waals surface area contributed by atoms with Crippen LogP contribution in [0.25, 0.3) is 5.65 Å². The van der Waals surface area contributed by atoms with Crippen LogP contribution in [0.1, 0.15) is 27.4 Å². The Balaban J connectivity index is 1.54. The summed E-state index contributed by atoms with van der Waals surface area (Å²) in [6.07, 6.45) is 2.97. The van der Waals surface area contributed by atoms with Crippen molar-refractivity contribution in [2.45, 2.75) is 18.9 Å². The lowest BCUT2D eigenvalue weighted by molar-refractivity contribution is 0.0868. The summed E-state index contributed by atoms with van der Waals surface area (Å²) in [6.45, 7) is 1.84. The zero-order valence-electron chi connectivity index (χ0n) is 15.5. The molecule has 0 radical (unpaired) electrons. The molecule has 0 aliphatic heterocycles. The molecule has 0 fully saturated rings. The molecule has 4 rings (SSSR count). The summed E-state index contributed by atoms with van der Waals surface area (Å²) in [4.78, 5) is 16.6. The van der Waals surface area contributed by atoms with Gasteiger partial charge in [0, 0.05) is 18.0 Å². The zero-order chi connectivity index (χ0) is 21.5. The van der Waals surface area contributed by atoms with E-state index >= 15 is 0 Å². The maximum atomic E-state index is 13.7. The second kappa shape index (κ2) is 7.45. The van der Waals surface area contributed by atoms with Gasteiger partial charge in [0.2, 0.25) is 0 Å². The van der Waals surface area contributed by atoms with Crippen LogP contribution in [0, 0.1) is 12.7 Å². The quantitative estimate of drug-likeness (QED) is 0.482. The van der Waals surface area contributed by atoms with E-state index in [2.05, 4.69) is 20.5 Å². The number of carbonyl (C=O) groups excluding carboxylic acids is 1. The van der Waals surface area contributed by atoms with Crippen molar-refractivity contribution in [3.8, 4) is 0 Å². The van der Waals surface area contributed by atoms with E-state index < -0.39 is 17.0 Å². The number of amides is 1. The summed E-state index contributed by atoms with van der Waals surface area (Å²) in [6, 6.07) is 8.45. The molecule has 0 unspecified atom stereocenters. The minimum absolute atomic E-state index is 0.0669. The topological polar surface area (TPSA) is 77.1 Å². The Hall–Kier alpha value is -3.40. The smallest absolute Gasteiger partial charge is 0.318 e. The first-order chi connectivity index (χ1) is 14.2. The molecule has 1 aromatic carbocycles. The van der Waals surface area contributed by atoms with Crippen LogP contribution in [-0.4, -0.2) is 30.3 Å². The fourth-order valence-corrected chi connectivity index (χ4v) is 3.08. The predicted molar refractivity (Wildman–Crippen MR) is 103 cm³/mol. The molecule has 3 aromatic heterocycles. The Kier molecular flexibility index (Phi) is 4.94. The molecular formula is C19H14ClF3N6O. The van der Waals surface area contributed by atoms with Gasteiger partial charge >= 0.3 is 5.38 Å². The van der Waals surface area contributed by atoms with Gasteiger partial charge < -0.3 is 5.32 Å². The third-order valence-corrected chi connectivity index (χ3v) is 4.40. The monoisotopic (exact) mass is 434 g/mol. The molecule has 0 aliphatic rings. The van der Waals surface area contributed by atoms with E-state index in [1.807, 2.05) is 0 Å². The molecule has 0 bridgehead atoms. The van der Waals surface area contributed by atoms with E-state index in [0.717, 1.165) is 10.6 Å². The average molecular weight is 435 g/mol. The third-order valence-electron chi connectivity index (χ3n) is 4.20. The van der Waals surface area contributed by atoms with Gasteiger partial charge in [-0.15, -0.1) is 0 Å². The van der Waals surface area contributed by atoms with Gasteiger partial charge in [-0.2, -0.15) is 19.0 Å². The lowest BCUT2D eigenvalue weighted by Crippen LogP contribution is -2.15. The number of aromatic nitrogens is 5. The maximum absolute atomic E-state index is 13.7. The molecule has 30 heavy (non-hydrogen) atoms. The normalized spacial score (nSPS) is 11.8. The summed E-state index contributed by atoms with van der Waals surface area (Å²) in [5.41, 5.74) is 0.732. The van der Waals surface area contributed by atoms with Gasteiger partial charge in [-0.05, 0) is 42.3 Å². The van der Waals surface area contributed by atoms with Crippen LogP contribution in [0.2, 0.25) is 0 Å². The van der Waals surface area contributed by atoms with E-state index in [1.165, 1.54) is 36.0 Å². The fraction of sp³-hybridized carbons (Fsp3) is 0.158. The number of fused-ring (bicyclic) bond motifs is 1. The lowest BCUT2D eigenvalue weighted by atomic mass is 10.2. The molecular weight excluding hydrogens is 421 g/mol. The van der Waals surface area contributed by atoms with Crippen molar-refractivity contribution >= 4 is 28.8 Å². The zero-order valence-corrected chi connectivity index (χ0v) is 16.2. The van der Waals surface area contributed by atoms with E-state index in [-0.39, 0.29) is 17.2 Å². The summed E-state index contributed by atoms with van der Waals surface area (Å²) in [7, 11) is 0. The van der Waals surface area contributed by atoms with Crippen molar-refractivity contribution < 1.29 is 18.0 Å². The van der Waals surface area contributed by atoms with Gasteiger partial charge in [0.1, 0.15) is 11.5 Å². The van der Waals surface area contributed by atoms with Crippen molar-refractivity contribution in [2.24, 2.45) is 0 Å². The highest BCUT2D eigenvalue weighted by molar-refractivity contribution is 6.21. The lowest BCUT2D eigenvalue weighted by Gasteiger charge is -2.10. The van der Waals surface area contributed by atoms with Gasteiger partial charge in [0.05, 0.1) is 18.4 Å². The van der Waals surface area contributed by atoms with Gasteiger partial charge in [-0.3, -0.25) is 9.48 Å². The first kappa shape index (κ1) is 19.9. The molecule has 1 N–H and O–H groups in total. The largest absolute Gasteiger partial charge is 0.364 e. The molecule has 7 nitrogen and oxygen atoms in total. The highest BCUT2D eigenvalue weighted by Crippen LogP contribution is 2.32. The van der Waals surface area contributed by atoms with Crippen LogP contribution < -0.4 is 5.32 Å². The SMILES string of the molecule is Cc1cc(C(F)(F)Cl)n2nc(C(=O)Nc3cnn(Cc4cccc(F)c4)c3)cc2n1. The molecule has 3 heterocycles. The van der Waals surface area contributed by atoms with Crippen LogP contribution >= 0.6 is 11.6 Å². The molecule has 0 spiro atoms. The Labute approximate surface area is 173 Å². The van der Waals surface area contributed by atoms with E-state index in [0.29, 0.717) is 23.5 Å². The number of aryl methyl sites for hydroxylation is 1. The number of hydrogen-bond donors (Lipinski definition) is 1.